The molecule has 0 saturated heterocycles. The Bertz CT molecular complexity index is 1280. The first-order valence-corrected chi connectivity index (χ1v) is 8.59. The SMILES string of the molecule is N#Cc1ccccc1NC(=O)c1ccc(-c2cc3ccccc3oc2=O)cc1. The molecule has 3 aromatic carbocycles. The van der Waals surface area contributed by atoms with Gasteiger partial charge in [0.25, 0.3) is 5.91 Å². The Hall–Kier alpha value is -4.17. The Kier molecular flexibility index (Phi) is 4.45. The second kappa shape index (κ2) is 7.22. The number of nitrogens with zero attached hydrogens (tertiary/aromatic N) is 1. The van der Waals surface area contributed by atoms with Crippen LogP contribution < -0.4 is 10.9 Å². The topological polar surface area (TPSA) is 83.1 Å². The molecule has 4 rings (SSSR count). The number of fused-ring (bicyclic) bond motifs is 1. The van der Waals surface area contributed by atoms with Gasteiger partial charge in [-0.3, -0.25) is 4.79 Å². The number of anilines is 1. The zero-order valence-electron chi connectivity index (χ0n) is 14.7. The second-order valence-corrected chi connectivity index (χ2v) is 6.17. The van der Waals surface area contributed by atoms with Crippen molar-refractivity contribution < 1.29 is 9.21 Å². The van der Waals surface area contributed by atoms with Crippen LogP contribution in [-0.4, -0.2) is 5.91 Å². The van der Waals surface area contributed by atoms with Gasteiger partial charge in [-0.05, 0) is 42.0 Å². The smallest absolute Gasteiger partial charge is 0.344 e. The average Bonchev–Trinajstić information content (AvgIpc) is 2.73. The van der Waals surface area contributed by atoms with Crippen LogP contribution in [0.3, 0.4) is 0 Å². The van der Waals surface area contributed by atoms with Gasteiger partial charge in [0.1, 0.15) is 11.7 Å². The first kappa shape index (κ1) is 17.3. The molecule has 0 radical (unpaired) electrons. The molecule has 1 heterocycles. The fraction of sp³-hybridized carbons (Fsp3) is 0. The summed E-state index contributed by atoms with van der Waals surface area (Å²) in [5.41, 5.74) is 2.45. The summed E-state index contributed by atoms with van der Waals surface area (Å²) in [6, 6.07) is 24.6. The van der Waals surface area contributed by atoms with Crippen molar-refractivity contribution in [3.63, 3.8) is 0 Å². The minimum Gasteiger partial charge on any atom is -0.422 e. The zero-order valence-corrected chi connectivity index (χ0v) is 14.7. The van der Waals surface area contributed by atoms with Gasteiger partial charge in [-0.2, -0.15) is 5.26 Å². The zero-order chi connectivity index (χ0) is 19.5. The van der Waals surface area contributed by atoms with Gasteiger partial charge in [0.2, 0.25) is 0 Å². The van der Waals surface area contributed by atoms with E-state index in [0.29, 0.717) is 33.5 Å². The van der Waals surface area contributed by atoms with Crippen molar-refractivity contribution in [3.8, 4) is 17.2 Å². The number of carbonyl (C=O) groups is 1. The Balaban J connectivity index is 1.62. The van der Waals surface area contributed by atoms with Crippen LogP contribution in [-0.2, 0) is 0 Å². The number of carbonyl (C=O) groups excluding carboxylic acids is 1. The lowest BCUT2D eigenvalue weighted by atomic mass is 10.0. The van der Waals surface area contributed by atoms with Crippen LogP contribution in [0.5, 0.6) is 0 Å². The van der Waals surface area contributed by atoms with Crippen molar-refractivity contribution in [2.75, 3.05) is 5.32 Å². The molecule has 1 N–H and O–H groups in total. The van der Waals surface area contributed by atoms with Crippen molar-refractivity contribution in [2.24, 2.45) is 0 Å². The van der Waals surface area contributed by atoms with Crippen LogP contribution in [0.2, 0.25) is 0 Å². The molecule has 0 unspecified atom stereocenters. The number of amides is 1. The number of nitrogens with one attached hydrogen (secondary N) is 1. The summed E-state index contributed by atoms with van der Waals surface area (Å²) in [5, 5.41) is 12.7. The number of nitriles is 1. The third-order valence-electron chi connectivity index (χ3n) is 4.40. The van der Waals surface area contributed by atoms with Gasteiger partial charge in [-0.1, -0.05) is 42.5 Å². The quantitative estimate of drug-likeness (QED) is 0.538. The Morgan fingerprint density at radius 1 is 0.929 bits per heavy atom. The summed E-state index contributed by atoms with van der Waals surface area (Å²) >= 11 is 0. The normalized spacial score (nSPS) is 10.4. The molecule has 0 fully saturated rings. The number of benzene rings is 3. The summed E-state index contributed by atoms with van der Waals surface area (Å²) < 4.78 is 5.36. The van der Waals surface area contributed by atoms with Crippen LogP contribution in [0, 0.1) is 11.3 Å². The lowest BCUT2D eigenvalue weighted by Gasteiger charge is -2.08. The predicted molar refractivity (Wildman–Crippen MR) is 107 cm³/mol. The van der Waals surface area contributed by atoms with Crippen molar-refractivity contribution in [3.05, 3.63) is 100 Å². The third kappa shape index (κ3) is 3.27. The summed E-state index contributed by atoms with van der Waals surface area (Å²) in [5.74, 6) is -0.334. The standard InChI is InChI=1S/C23H14N2O3/c24-14-18-6-1-3-7-20(18)25-22(26)16-11-9-15(10-12-16)19-13-17-5-2-4-8-21(17)28-23(19)27/h1-13H,(H,25,26). The minimum atomic E-state index is -0.432. The number of hydrogen-bond donors (Lipinski definition) is 1. The fourth-order valence-corrected chi connectivity index (χ4v) is 2.95. The summed E-state index contributed by atoms with van der Waals surface area (Å²) in [7, 11) is 0. The Morgan fingerprint density at radius 2 is 1.64 bits per heavy atom. The molecule has 0 atom stereocenters. The fourth-order valence-electron chi connectivity index (χ4n) is 2.95. The van der Waals surface area contributed by atoms with E-state index in [1.807, 2.05) is 24.3 Å². The van der Waals surface area contributed by atoms with Crippen molar-refractivity contribution in [1.29, 1.82) is 5.26 Å². The highest BCUT2D eigenvalue weighted by atomic mass is 16.4. The molecule has 134 valence electrons. The number of hydrogen-bond acceptors (Lipinski definition) is 4. The maximum absolute atomic E-state index is 12.5. The van der Waals surface area contributed by atoms with Gasteiger partial charge in [-0.25, -0.2) is 4.79 Å². The number of rotatable bonds is 3. The van der Waals surface area contributed by atoms with Crippen LogP contribution in [0.25, 0.3) is 22.1 Å². The van der Waals surface area contributed by atoms with Gasteiger partial charge in [-0.15, -0.1) is 0 Å². The lowest BCUT2D eigenvalue weighted by Crippen LogP contribution is -2.12. The van der Waals surface area contributed by atoms with E-state index in [9.17, 15) is 9.59 Å². The van der Waals surface area contributed by atoms with E-state index in [1.54, 1.807) is 60.7 Å². The first-order valence-electron chi connectivity index (χ1n) is 8.59. The monoisotopic (exact) mass is 366 g/mol. The second-order valence-electron chi connectivity index (χ2n) is 6.17. The number of para-hydroxylation sites is 2. The molecule has 0 spiro atoms. The highest BCUT2D eigenvalue weighted by Gasteiger charge is 2.11. The molecular weight excluding hydrogens is 352 g/mol. The van der Waals surface area contributed by atoms with Gasteiger partial charge >= 0.3 is 5.63 Å². The maximum atomic E-state index is 12.5. The molecule has 28 heavy (non-hydrogen) atoms. The first-order chi connectivity index (χ1) is 13.7. The van der Waals surface area contributed by atoms with Crippen molar-refractivity contribution in [1.82, 2.24) is 0 Å². The molecule has 4 aromatic rings. The van der Waals surface area contributed by atoms with E-state index >= 15 is 0 Å². The van der Waals surface area contributed by atoms with Crippen LogP contribution in [0.15, 0.2) is 88.1 Å². The Morgan fingerprint density at radius 3 is 2.43 bits per heavy atom. The molecule has 0 aliphatic heterocycles. The third-order valence-corrected chi connectivity index (χ3v) is 4.40. The largest absolute Gasteiger partial charge is 0.422 e. The van der Waals surface area contributed by atoms with E-state index in [4.69, 9.17) is 9.68 Å². The molecule has 5 nitrogen and oxygen atoms in total. The van der Waals surface area contributed by atoms with Gasteiger partial charge in [0.05, 0.1) is 16.8 Å². The predicted octanol–water partition coefficient (Wildman–Crippen LogP) is 4.58. The Labute approximate surface area is 160 Å². The van der Waals surface area contributed by atoms with Gasteiger partial charge in [0, 0.05) is 10.9 Å². The molecule has 5 heteroatoms. The van der Waals surface area contributed by atoms with E-state index in [-0.39, 0.29) is 5.91 Å². The highest BCUT2D eigenvalue weighted by molar-refractivity contribution is 6.05. The molecule has 1 aromatic heterocycles. The molecule has 0 bridgehead atoms. The summed E-state index contributed by atoms with van der Waals surface area (Å²) in [6.07, 6.45) is 0. The van der Waals surface area contributed by atoms with Crippen molar-refractivity contribution in [2.45, 2.75) is 0 Å². The highest BCUT2D eigenvalue weighted by Crippen LogP contribution is 2.22. The van der Waals surface area contributed by atoms with E-state index < -0.39 is 5.63 Å². The lowest BCUT2D eigenvalue weighted by molar-refractivity contribution is 0.102. The molecule has 1 amide bonds. The van der Waals surface area contributed by atoms with Crippen molar-refractivity contribution >= 4 is 22.6 Å². The molecule has 0 aliphatic carbocycles. The van der Waals surface area contributed by atoms with Crippen LogP contribution >= 0.6 is 0 Å². The molecule has 0 aliphatic rings. The average molecular weight is 366 g/mol. The van der Waals surface area contributed by atoms with E-state index in [0.717, 1.165) is 5.39 Å². The maximum Gasteiger partial charge on any atom is 0.344 e. The van der Waals surface area contributed by atoms with E-state index in [2.05, 4.69) is 5.32 Å². The molecular formula is C23H14N2O3. The van der Waals surface area contributed by atoms with Crippen LogP contribution in [0.1, 0.15) is 15.9 Å². The van der Waals surface area contributed by atoms with E-state index in [1.165, 1.54) is 0 Å². The summed E-state index contributed by atoms with van der Waals surface area (Å²) in [4.78, 5) is 24.8. The van der Waals surface area contributed by atoms with Gasteiger partial charge < -0.3 is 9.73 Å². The molecule has 0 saturated carbocycles. The van der Waals surface area contributed by atoms with Crippen LogP contribution in [0.4, 0.5) is 5.69 Å². The summed E-state index contributed by atoms with van der Waals surface area (Å²) in [6.45, 7) is 0. The minimum absolute atomic E-state index is 0.334. The van der Waals surface area contributed by atoms with Gasteiger partial charge in [0.15, 0.2) is 0 Å².